The lowest BCUT2D eigenvalue weighted by atomic mass is 9.91. The van der Waals surface area contributed by atoms with Gasteiger partial charge >= 0.3 is 0 Å². The molecule has 6 aromatic carbocycles. The second-order valence-electron chi connectivity index (χ2n) is 19.4. The Bertz CT molecular complexity index is 3250. The number of hydrogen-bond acceptors (Lipinski definition) is 4. The Morgan fingerprint density at radius 2 is 1.32 bits per heavy atom. The summed E-state index contributed by atoms with van der Waals surface area (Å²) in [7, 11) is 2.17. The first-order chi connectivity index (χ1) is 34.7. The predicted octanol–water partition coefficient (Wildman–Crippen LogP) is 17.4. The first-order valence-corrected chi connectivity index (χ1v) is 25.4. The average molecular weight is 928 g/mol. The van der Waals surface area contributed by atoms with Gasteiger partial charge in [0.25, 0.3) is 0 Å². The molecule has 3 aliphatic carbocycles. The van der Waals surface area contributed by atoms with Crippen LogP contribution >= 0.6 is 0 Å². The summed E-state index contributed by atoms with van der Waals surface area (Å²) >= 11 is 0. The monoisotopic (exact) mass is 928 g/mol. The van der Waals surface area contributed by atoms with Crippen LogP contribution in [0.5, 0.6) is 0 Å². The zero-order valence-electron chi connectivity index (χ0n) is 42.2. The van der Waals surface area contributed by atoms with E-state index >= 15 is 0 Å². The van der Waals surface area contributed by atoms with E-state index in [4.69, 9.17) is 4.99 Å². The van der Waals surface area contributed by atoms with E-state index in [1.807, 2.05) is 0 Å². The van der Waals surface area contributed by atoms with Crippen molar-refractivity contribution in [2.45, 2.75) is 73.1 Å². The molecule has 1 atom stereocenters. The number of para-hydroxylation sites is 2. The van der Waals surface area contributed by atoms with Gasteiger partial charge in [-0.1, -0.05) is 132 Å². The minimum Gasteiger partial charge on any atom is -0.345 e. The molecule has 0 saturated carbocycles. The Kier molecular flexibility index (Phi) is 13.8. The lowest BCUT2D eigenvalue weighted by Gasteiger charge is -2.36. The smallest absolute Gasteiger partial charge is 0.0537 e. The van der Waals surface area contributed by atoms with E-state index in [1.165, 1.54) is 67.0 Å². The van der Waals surface area contributed by atoms with E-state index < -0.39 is 0 Å². The van der Waals surface area contributed by atoms with E-state index in [0.717, 1.165) is 78.3 Å². The van der Waals surface area contributed by atoms with Gasteiger partial charge in [0.15, 0.2) is 0 Å². The van der Waals surface area contributed by atoms with Gasteiger partial charge in [-0.2, -0.15) is 0 Å². The molecule has 0 saturated heterocycles. The molecule has 1 heterocycles. The molecule has 0 spiro atoms. The highest BCUT2D eigenvalue weighted by atomic mass is 15.2. The van der Waals surface area contributed by atoms with Crippen LogP contribution in [-0.2, 0) is 6.42 Å². The minimum absolute atomic E-state index is 0.175. The summed E-state index contributed by atoms with van der Waals surface area (Å²) in [4.78, 5) is 12.4. The van der Waals surface area contributed by atoms with E-state index in [-0.39, 0.29) is 5.92 Å². The molecule has 0 radical (unpaired) electrons. The molecule has 3 aliphatic rings. The highest BCUT2D eigenvalue weighted by Crippen LogP contribution is 2.41. The fraction of sp³-hybridized carbons (Fsp3) is 0.197. The zero-order valence-corrected chi connectivity index (χ0v) is 42.2. The quantitative estimate of drug-likeness (QED) is 0.102. The van der Waals surface area contributed by atoms with E-state index in [1.54, 1.807) is 0 Å². The molecule has 0 fully saturated rings. The van der Waals surface area contributed by atoms with Crippen molar-refractivity contribution in [3.05, 3.63) is 251 Å². The van der Waals surface area contributed by atoms with Crippen molar-refractivity contribution in [2.24, 2.45) is 10.9 Å². The molecule has 0 aliphatic heterocycles. The van der Waals surface area contributed by atoms with Crippen LogP contribution in [-0.4, -0.2) is 17.8 Å². The fourth-order valence-electron chi connectivity index (χ4n) is 10.3. The van der Waals surface area contributed by atoms with Gasteiger partial charge in [-0.15, -0.1) is 0 Å². The van der Waals surface area contributed by atoms with Gasteiger partial charge in [-0.25, -0.2) is 0 Å². The summed E-state index contributed by atoms with van der Waals surface area (Å²) in [5.41, 5.74) is 21.8. The number of nitrogens with zero attached hydrogens (tertiary/aromatic N) is 5. The molecule has 0 amide bonds. The maximum Gasteiger partial charge on any atom is 0.0537 e. The van der Waals surface area contributed by atoms with Crippen LogP contribution in [0.2, 0.25) is 0 Å². The molecule has 0 bridgehead atoms. The first-order valence-electron chi connectivity index (χ1n) is 25.4. The highest BCUT2D eigenvalue weighted by Gasteiger charge is 2.27. The van der Waals surface area contributed by atoms with Crippen molar-refractivity contribution < 1.29 is 0 Å². The number of aryl methyl sites for hydroxylation is 4. The maximum atomic E-state index is 5.19. The summed E-state index contributed by atoms with van der Waals surface area (Å²) < 4.78 is 2.47. The number of anilines is 5. The molecule has 0 N–H and O–H groups in total. The standard InChI is InChI=1S/C66H65N5/c1-7-52(53-42-59(68(6)54-17-9-8-10-18-54)44-62(43-53)71-65-22-13-11-20-63(65)64-21-12-14-23-66(64)71)46-67-39-38-51-40-60(69(56-32-25-48(3)26-33-56)55-19-15-16-47(2)24-31-55)45-61(41-51)70(57-34-27-49(4)28-35-57)58-36-29-50(5)30-37-58/h8-11,13-18,20,22-37,39-40,42-46,51H,7,12,19,21,38,41H2,1-6H3/b52-46+,67-39?. The topological polar surface area (TPSA) is 27.0 Å². The van der Waals surface area contributed by atoms with Crippen LogP contribution in [0, 0.1) is 26.7 Å². The Morgan fingerprint density at radius 1 is 0.662 bits per heavy atom. The lowest BCUT2D eigenvalue weighted by Crippen LogP contribution is -2.27. The third kappa shape index (κ3) is 10.2. The van der Waals surface area contributed by atoms with Crippen LogP contribution in [0.15, 0.2) is 222 Å². The Labute approximate surface area is 421 Å². The largest absolute Gasteiger partial charge is 0.345 e. The first kappa shape index (κ1) is 46.8. The molecule has 10 rings (SSSR count). The minimum atomic E-state index is 0.175. The van der Waals surface area contributed by atoms with Crippen LogP contribution < -0.4 is 14.7 Å². The van der Waals surface area contributed by atoms with Crippen molar-refractivity contribution in [3.8, 4) is 5.69 Å². The van der Waals surface area contributed by atoms with Gasteiger partial charge in [-0.05, 0) is 173 Å². The van der Waals surface area contributed by atoms with Crippen LogP contribution in [0.25, 0.3) is 28.2 Å². The third-order valence-corrected chi connectivity index (χ3v) is 14.2. The van der Waals surface area contributed by atoms with E-state index in [2.05, 4.69) is 268 Å². The molecule has 7 aromatic rings. The second kappa shape index (κ2) is 21.0. The molecule has 1 unspecified atom stereocenters. The number of hydrogen-bond donors (Lipinski definition) is 0. The highest BCUT2D eigenvalue weighted by molar-refractivity contribution is 5.91. The van der Waals surface area contributed by atoms with Crippen LogP contribution in [0.1, 0.15) is 79.5 Å². The summed E-state index contributed by atoms with van der Waals surface area (Å²) in [5.74, 6) is 0.175. The van der Waals surface area contributed by atoms with Crippen molar-refractivity contribution in [2.75, 3.05) is 21.7 Å². The predicted molar refractivity (Wildman–Crippen MR) is 305 cm³/mol. The second-order valence-corrected chi connectivity index (χ2v) is 19.4. The summed E-state index contributed by atoms with van der Waals surface area (Å²) in [6.07, 6.45) is 28.3. The van der Waals surface area contributed by atoms with E-state index in [0.29, 0.717) is 0 Å². The molecular weight excluding hydrogens is 863 g/mol. The van der Waals surface area contributed by atoms with Crippen molar-refractivity contribution in [1.29, 1.82) is 0 Å². The summed E-state index contributed by atoms with van der Waals surface area (Å²) in [6, 6.07) is 53.5. The molecule has 5 nitrogen and oxygen atoms in total. The molecule has 71 heavy (non-hydrogen) atoms. The van der Waals surface area contributed by atoms with Crippen LogP contribution in [0.4, 0.5) is 28.4 Å². The van der Waals surface area contributed by atoms with Crippen molar-refractivity contribution in [3.63, 3.8) is 0 Å². The number of allylic oxidation sites excluding steroid dienone is 10. The van der Waals surface area contributed by atoms with Crippen molar-refractivity contribution in [1.82, 2.24) is 4.57 Å². The van der Waals surface area contributed by atoms with Gasteiger partial charge in [0.05, 0.1) is 5.52 Å². The fourth-order valence-corrected chi connectivity index (χ4v) is 10.3. The van der Waals surface area contributed by atoms with Gasteiger partial charge in [-0.3, -0.25) is 4.99 Å². The Morgan fingerprint density at radius 3 is 2.01 bits per heavy atom. The SMILES string of the molecule is CC/C(=C\N=CCC1C=C(N(C2=CC=C(C)C=CC2)c2ccc(C)cc2)C=C(N(c2ccc(C)cc2)c2ccc(C)cc2)C1)c1cc(N(C)c2ccccc2)cc(-n2c3c(c4ccccc42)CCC=C3)c1. The molecular formula is C66H65N5. The maximum absolute atomic E-state index is 5.19. The molecule has 354 valence electrons. The number of aliphatic imine (C=N–C) groups is 1. The average Bonchev–Trinajstić information content (AvgIpc) is 3.59. The summed E-state index contributed by atoms with van der Waals surface area (Å²) in [5, 5.41) is 1.33. The number of aromatic nitrogens is 1. The van der Waals surface area contributed by atoms with E-state index in [9.17, 15) is 0 Å². The molecule has 5 heteroatoms. The lowest BCUT2D eigenvalue weighted by molar-refractivity contribution is 0.650. The third-order valence-electron chi connectivity index (χ3n) is 14.2. The van der Waals surface area contributed by atoms with Crippen LogP contribution in [0.3, 0.4) is 0 Å². The van der Waals surface area contributed by atoms with Gasteiger partial charge in [0.1, 0.15) is 0 Å². The normalized spacial score (nSPS) is 15.7. The number of fused-ring (bicyclic) bond motifs is 3. The Hall–Kier alpha value is -7.89. The van der Waals surface area contributed by atoms with Gasteiger partial charge in [0, 0.05) is 88.2 Å². The summed E-state index contributed by atoms with van der Waals surface area (Å²) in [6.45, 7) is 10.9. The zero-order chi connectivity index (χ0) is 48.8. The molecule has 1 aromatic heterocycles. The Balaban J connectivity index is 1.05. The van der Waals surface area contributed by atoms with Crippen molar-refractivity contribution >= 4 is 57.2 Å². The number of rotatable bonds is 14. The van der Waals surface area contributed by atoms with Gasteiger partial charge in [0.2, 0.25) is 0 Å². The number of benzene rings is 6. The van der Waals surface area contributed by atoms with Gasteiger partial charge < -0.3 is 19.3 Å².